The Labute approximate surface area is 163 Å². The van der Waals surface area contributed by atoms with Crippen LogP contribution in [0.4, 0.5) is 4.39 Å². The SMILES string of the molecule is CC1=C(F)/C2=C/C=C(/C)C(=O)OCCCCCCOc3cc(c1cc3Cl)O2. The lowest BCUT2D eigenvalue weighted by Gasteiger charge is -2.21. The van der Waals surface area contributed by atoms with E-state index in [1.165, 1.54) is 12.2 Å². The van der Waals surface area contributed by atoms with Crippen LogP contribution in [0.5, 0.6) is 11.5 Å². The monoisotopic (exact) mass is 392 g/mol. The molecular formula is C21H22ClFO4. The molecule has 0 fully saturated rings. The van der Waals surface area contributed by atoms with Gasteiger partial charge in [-0.2, -0.15) is 0 Å². The molecule has 0 unspecified atom stereocenters. The summed E-state index contributed by atoms with van der Waals surface area (Å²) in [4.78, 5) is 12.0. The van der Waals surface area contributed by atoms with E-state index in [4.69, 9.17) is 25.8 Å². The van der Waals surface area contributed by atoms with E-state index in [1.54, 1.807) is 26.0 Å². The van der Waals surface area contributed by atoms with Crippen LogP contribution < -0.4 is 9.47 Å². The van der Waals surface area contributed by atoms with Crippen LogP contribution in [-0.4, -0.2) is 19.2 Å². The first-order chi connectivity index (χ1) is 13.0. The smallest absolute Gasteiger partial charge is 0.333 e. The Morgan fingerprint density at radius 1 is 0.963 bits per heavy atom. The Balaban J connectivity index is 1.99. The normalized spacial score (nSPS) is 22.6. The van der Waals surface area contributed by atoms with Gasteiger partial charge >= 0.3 is 5.97 Å². The molecule has 1 aromatic carbocycles. The van der Waals surface area contributed by atoms with Crippen LogP contribution in [0.1, 0.15) is 45.1 Å². The molecule has 6 heteroatoms. The summed E-state index contributed by atoms with van der Waals surface area (Å²) in [7, 11) is 0. The molecule has 4 nitrogen and oxygen atoms in total. The van der Waals surface area contributed by atoms with Gasteiger partial charge in [0.1, 0.15) is 11.5 Å². The highest BCUT2D eigenvalue weighted by Crippen LogP contribution is 2.43. The number of benzene rings is 1. The summed E-state index contributed by atoms with van der Waals surface area (Å²) in [5.74, 6) is 0.107. The van der Waals surface area contributed by atoms with Gasteiger partial charge in [-0.15, -0.1) is 0 Å². The number of halogens is 2. The van der Waals surface area contributed by atoms with Crippen LogP contribution in [0.3, 0.4) is 0 Å². The van der Waals surface area contributed by atoms with E-state index in [2.05, 4.69) is 0 Å². The van der Waals surface area contributed by atoms with Crippen LogP contribution in [0.2, 0.25) is 5.02 Å². The van der Waals surface area contributed by atoms with E-state index in [-0.39, 0.29) is 5.76 Å². The number of allylic oxidation sites excluding steroid dienone is 4. The summed E-state index contributed by atoms with van der Waals surface area (Å²) in [5.41, 5.74) is 1.38. The van der Waals surface area contributed by atoms with Gasteiger partial charge < -0.3 is 14.2 Å². The number of carbonyl (C=O) groups is 1. The molecule has 2 aliphatic rings. The minimum atomic E-state index is -0.498. The summed E-state index contributed by atoms with van der Waals surface area (Å²) in [6, 6.07) is 3.34. The third-order valence-electron chi connectivity index (χ3n) is 4.54. The van der Waals surface area contributed by atoms with E-state index < -0.39 is 11.8 Å². The van der Waals surface area contributed by atoms with Gasteiger partial charge in [0.25, 0.3) is 0 Å². The van der Waals surface area contributed by atoms with E-state index in [0.717, 1.165) is 25.7 Å². The fourth-order valence-electron chi connectivity index (χ4n) is 2.88. The van der Waals surface area contributed by atoms with Gasteiger partial charge in [0.05, 0.1) is 18.2 Å². The second-order valence-electron chi connectivity index (χ2n) is 6.60. The highest BCUT2D eigenvalue weighted by molar-refractivity contribution is 6.32. The maximum atomic E-state index is 14.7. The van der Waals surface area contributed by atoms with Crippen molar-refractivity contribution in [3.63, 3.8) is 0 Å². The predicted molar refractivity (Wildman–Crippen MR) is 103 cm³/mol. The molecule has 27 heavy (non-hydrogen) atoms. The topological polar surface area (TPSA) is 44.8 Å². The summed E-state index contributed by atoms with van der Waals surface area (Å²) >= 11 is 6.30. The molecule has 1 aromatic rings. The van der Waals surface area contributed by atoms with Crippen molar-refractivity contribution >= 4 is 23.1 Å². The first kappa shape index (κ1) is 19.5. The van der Waals surface area contributed by atoms with Crippen LogP contribution in [0.25, 0.3) is 5.57 Å². The van der Waals surface area contributed by atoms with Crippen molar-refractivity contribution in [2.75, 3.05) is 13.2 Å². The molecule has 2 aliphatic heterocycles. The van der Waals surface area contributed by atoms with Gasteiger partial charge in [0.15, 0.2) is 11.6 Å². The van der Waals surface area contributed by atoms with Crippen LogP contribution in [0.15, 0.2) is 41.4 Å². The van der Waals surface area contributed by atoms with Gasteiger partial charge in [0, 0.05) is 17.2 Å². The summed E-state index contributed by atoms with van der Waals surface area (Å²) < 4.78 is 31.4. The molecule has 3 bridgehead atoms. The molecule has 0 amide bonds. The lowest BCUT2D eigenvalue weighted by atomic mass is 10.0. The number of rotatable bonds is 0. The van der Waals surface area contributed by atoms with Crippen molar-refractivity contribution in [1.29, 1.82) is 0 Å². The van der Waals surface area contributed by atoms with Crippen LogP contribution >= 0.6 is 11.6 Å². The number of hydrogen-bond acceptors (Lipinski definition) is 4. The minimum Gasteiger partial charge on any atom is -0.492 e. The van der Waals surface area contributed by atoms with E-state index in [0.29, 0.717) is 46.4 Å². The Morgan fingerprint density at radius 3 is 2.41 bits per heavy atom. The summed E-state index contributed by atoms with van der Waals surface area (Å²) in [6.45, 7) is 4.17. The number of fused-ring (bicyclic) bond motifs is 2. The molecule has 0 spiro atoms. The average Bonchev–Trinajstić information content (AvgIpc) is 2.65. The van der Waals surface area contributed by atoms with E-state index >= 15 is 0 Å². The third-order valence-corrected chi connectivity index (χ3v) is 4.84. The quantitative estimate of drug-likeness (QED) is 0.526. The average molecular weight is 393 g/mol. The van der Waals surface area contributed by atoms with Crippen LogP contribution in [0, 0.1) is 0 Å². The number of hydrogen-bond donors (Lipinski definition) is 0. The zero-order valence-electron chi connectivity index (χ0n) is 15.4. The molecule has 0 aromatic heterocycles. The molecular weight excluding hydrogens is 371 g/mol. The Morgan fingerprint density at radius 2 is 1.67 bits per heavy atom. The Kier molecular flexibility index (Phi) is 6.22. The third kappa shape index (κ3) is 4.53. The summed E-state index contributed by atoms with van der Waals surface area (Å²) in [5, 5.41) is 0.421. The predicted octanol–water partition coefficient (Wildman–Crippen LogP) is 5.76. The molecule has 0 saturated heterocycles. The largest absolute Gasteiger partial charge is 0.492 e. The van der Waals surface area contributed by atoms with Crippen molar-refractivity contribution in [3.05, 3.63) is 52.0 Å². The molecule has 0 saturated carbocycles. The Hall–Kier alpha value is -2.27. The number of esters is 1. The van der Waals surface area contributed by atoms with Crippen LogP contribution in [-0.2, 0) is 9.53 Å². The maximum absolute atomic E-state index is 14.7. The molecule has 2 heterocycles. The number of ether oxygens (including phenoxy) is 3. The van der Waals surface area contributed by atoms with Crippen molar-refractivity contribution in [1.82, 2.24) is 0 Å². The van der Waals surface area contributed by atoms with Crippen molar-refractivity contribution in [2.45, 2.75) is 39.5 Å². The molecule has 0 radical (unpaired) electrons. The maximum Gasteiger partial charge on any atom is 0.333 e. The second-order valence-corrected chi connectivity index (χ2v) is 7.01. The lowest BCUT2D eigenvalue weighted by molar-refractivity contribution is -0.139. The van der Waals surface area contributed by atoms with Gasteiger partial charge in [-0.3, -0.25) is 0 Å². The van der Waals surface area contributed by atoms with Crippen molar-refractivity contribution in [3.8, 4) is 11.5 Å². The fourth-order valence-corrected chi connectivity index (χ4v) is 3.10. The molecule has 0 atom stereocenters. The van der Waals surface area contributed by atoms with Crippen molar-refractivity contribution in [2.24, 2.45) is 0 Å². The van der Waals surface area contributed by atoms with Gasteiger partial charge in [0.2, 0.25) is 0 Å². The van der Waals surface area contributed by atoms with E-state index in [9.17, 15) is 9.18 Å². The first-order valence-electron chi connectivity index (χ1n) is 9.04. The number of carbonyl (C=O) groups excluding carboxylic acids is 1. The number of cyclic esters (lactones) is 1. The van der Waals surface area contributed by atoms with Gasteiger partial charge in [-0.05, 0) is 63.3 Å². The fraction of sp³-hybridized carbons (Fsp3) is 0.381. The van der Waals surface area contributed by atoms with Gasteiger partial charge in [-0.1, -0.05) is 11.6 Å². The summed E-state index contributed by atoms with van der Waals surface area (Å²) in [6.07, 6.45) is 6.49. The zero-order valence-corrected chi connectivity index (χ0v) is 16.2. The van der Waals surface area contributed by atoms with Crippen molar-refractivity contribution < 1.29 is 23.4 Å². The molecule has 0 aliphatic carbocycles. The lowest BCUT2D eigenvalue weighted by Crippen LogP contribution is -2.08. The Bertz CT molecular complexity index is 839. The molecule has 0 N–H and O–H groups in total. The zero-order chi connectivity index (χ0) is 19.4. The highest BCUT2D eigenvalue weighted by atomic mass is 35.5. The molecule has 3 rings (SSSR count). The minimum absolute atomic E-state index is 0.0322. The van der Waals surface area contributed by atoms with Gasteiger partial charge in [-0.25, -0.2) is 9.18 Å². The highest BCUT2D eigenvalue weighted by Gasteiger charge is 2.24. The second kappa shape index (κ2) is 8.61. The molecule has 144 valence electrons. The standard InChI is InChI=1S/C21H22ClFO4/c1-13-7-8-17-20(23)14(2)15-11-16(22)19(12-18(15)27-17)25-9-5-3-4-6-10-26-21(13)24/h7-8,11-12H,3-6,9-10H2,1-2H3/b13-7-,17-8-. The van der Waals surface area contributed by atoms with E-state index in [1.807, 2.05) is 0 Å². The first-order valence-corrected chi connectivity index (χ1v) is 9.42.